The molecule has 5 heteroatoms. The fourth-order valence-electron chi connectivity index (χ4n) is 0.430. The molecular formula is C8H9BF2O2. The van der Waals surface area contributed by atoms with Crippen LogP contribution in [0.5, 0.6) is 0 Å². The van der Waals surface area contributed by atoms with Crippen LogP contribution in [0.3, 0.4) is 0 Å². The summed E-state index contributed by atoms with van der Waals surface area (Å²) in [6.45, 7) is 3.06. The van der Waals surface area contributed by atoms with E-state index in [1.54, 1.807) is 0 Å². The van der Waals surface area contributed by atoms with Gasteiger partial charge in [-0.25, -0.2) is 8.78 Å². The van der Waals surface area contributed by atoms with E-state index in [9.17, 15) is 8.78 Å². The average Bonchev–Trinajstić information content (AvgIpc) is 2.11. The lowest BCUT2D eigenvalue weighted by atomic mass is 9.94. The summed E-state index contributed by atoms with van der Waals surface area (Å²) in [6.07, 6.45) is 0. The number of benzene rings is 1. The van der Waals surface area contributed by atoms with Gasteiger partial charge in [0.15, 0.2) is 0 Å². The lowest BCUT2D eigenvalue weighted by Crippen LogP contribution is -2.03. The Morgan fingerprint density at radius 3 is 1.46 bits per heavy atom. The van der Waals surface area contributed by atoms with E-state index in [1.165, 1.54) is 0 Å². The first-order chi connectivity index (χ1) is 6.06. The number of hydrogen-bond donors (Lipinski definition) is 2. The monoisotopic (exact) mass is 186 g/mol. The molecule has 0 saturated heterocycles. The molecule has 0 fully saturated rings. The van der Waals surface area contributed by atoms with Crippen LogP contribution < -0.4 is 0 Å². The van der Waals surface area contributed by atoms with Crippen molar-refractivity contribution in [3.63, 3.8) is 0 Å². The van der Waals surface area contributed by atoms with Crippen molar-refractivity contribution in [1.82, 2.24) is 0 Å². The van der Waals surface area contributed by atoms with Gasteiger partial charge in [0.2, 0.25) is 0 Å². The Morgan fingerprint density at radius 1 is 1.08 bits per heavy atom. The summed E-state index contributed by atoms with van der Waals surface area (Å²) in [5.74, 6) is 0.206. The maximum absolute atomic E-state index is 11.9. The standard InChI is InChI=1S/C6H4F2.C2H5BO2/c7-5-1-2-6(8)4-3-5;1-2-3(4)5/h1-4H;2,4-5H,1H2. The smallest absolute Gasteiger partial charge is 0.424 e. The van der Waals surface area contributed by atoms with E-state index in [1.807, 2.05) is 0 Å². The normalized spacial score (nSPS) is 8.31. The summed E-state index contributed by atoms with van der Waals surface area (Å²) >= 11 is 0. The highest BCUT2D eigenvalue weighted by Gasteiger charge is 1.92. The first-order valence-corrected chi connectivity index (χ1v) is 3.46. The van der Waals surface area contributed by atoms with Gasteiger partial charge in [0.05, 0.1) is 0 Å². The van der Waals surface area contributed by atoms with E-state index < -0.39 is 18.8 Å². The largest absolute Gasteiger partial charge is 0.480 e. The van der Waals surface area contributed by atoms with Crippen molar-refractivity contribution in [1.29, 1.82) is 0 Å². The zero-order chi connectivity index (χ0) is 10.3. The Balaban J connectivity index is 0.000000252. The first-order valence-electron chi connectivity index (χ1n) is 3.46. The van der Waals surface area contributed by atoms with Crippen molar-refractivity contribution in [2.24, 2.45) is 0 Å². The summed E-state index contributed by atoms with van der Waals surface area (Å²) in [7, 11) is -1.35. The maximum atomic E-state index is 11.9. The highest BCUT2D eigenvalue weighted by Crippen LogP contribution is 1.98. The van der Waals surface area contributed by atoms with Crippen molar-refractivity contribution in [2.45, 2.75) is 0 Å². The molecule has 1 aromatic carbocycles. The van der Waals surface area contributed by atoms with Gasteiger partial charge in [0.25, 0.3) is 0 Å². The molecule has 0 radical (unpaired) electrons. The Hall–Kier alpha value is -1.20. The van der Waals surface area contributed by atoms with E-state index in [2.05, 4.69) is 6.58 Å². The second-order valence-electron chi connectivity index (χ2n) is 2.09. The number of rotatable bonds is 1. The van der Waals surface area contributed by atoms with Crippen LogP contribution in [-0.2, 0) is 0 Å². The molecule has 0 heterocycles. The number of hydrogen-bond acceptors (Lipinski definition) is 2. The maximum Gasteiger partial charge on any atom is 0.480 e. The average molecular weight is 186 g/mol. The van der Waals surface area contributed by atoms with Crippen molar-refractivity contribution >= 4 is 7.12 Å². The van der Waals surface area contributed by atoms with E-state index in [0.717, 1.165) is 30.2 Å². The van der Waals surface area contributed by atoms with Crippen molar-refractivity contribution in [3.05, 3.63) is 48.5 Å². The number of halogens is 2. The van der Waals surface area contributed by atoms with Crippen LogP contribution in [0, 0.1) is 11.6 Å². The van der Waals surface area contributed by atoms with E-state index in [-0.39, 0.29) is 0 Å². The van der Waals surface area contributed by atoms with E-state index in [4.69, 9.17) is 10.0 Å². The molecule has 0 atom stereocenters. The summed E-state index contributed by atoms with van der Waals surface area (Å²) in [4.78, 5) is 0. The SMILES string of the molecule is C=CB(O)O.Fc1ccc(F)cc1. The highest BCUT2D eigenvalue weighted by atomic mass is 19.1. The van der Waals surface area contributed by atoms with Crippen LogP contribution in [0.2, 0.25) is 0 Å². The molecule has 0 spiro atoms. The highest BCUT2D eigenvalue weighted by molar-refractivity contribution is 6.47. The molecule has 1 aromatic rings. The lowest BCUT2D eigenvalue weighted by molar-refractivity contribution is 0.424. The molecule has 0 amide bonds. The van der Waals surface area contributed by atoms with Gasteiger partial charge in [-0.05, 0) is 24.3 Å². The zero-order valence-electron chi connectivity index (χ0n) is 6.82. The van der Waals surface area contributed by atoms with Gasteiger partial charge in [0.1, 0.15) is 11.6 Å². The second kappa shape index (κ2) is 6.34. The van der Waals surface area contributed by atoms with Gasteiger partial charge in [-0.3, -0.25) is 0 Å². The molecule has 2 N–H and O–H groups in total. The fourth-order valence-corrected chi connectivity index (χ4v) is 0.430. The van der Waals surface area contributed by atoms with Gasteiger partial charge in [-0.1, -0.05) is 5.98 Å². The molecule has 13 heavy (non-hydrogen) atoms. The third-order valence-corrected chi connectivity index (χ3v) is 1.01. The van der Waals surface area contributed by atoms with Gasteiger partial charge in [-0.15, -0.1) is 6.58 Å². The molecule has 1 rings (SSSR count). The molecule has 70 valence electrons. The molecular weight excluding hydrogens is 177 g/mol. The quantitative estimate of drug-likeness (QED) is 0.645. The van der Waals surface area contributed by atoms with Gasteiger partial charge < -0.3 is 10.0 Å². The fraction of sp³-hybridized carbons (Fsp3) is 0. The molecule has 0 aliphatic carbocycles. The van der Waals surface area contributed by atoms with Gasteiger partial charge >= 0.3 is 7.12 Å². The molecule has 0 bridgehead atoms. The Kier molecular flexibility index (Phi) is 5.75. The lowest BCUT2D eigenvalue weighted by Gasteiger charge is -1.83. The van der Waals surface area contributed by atoms with Crippen molar-refractivity contribution in [2.75, 3.05) is 0 Å². The van der Waals surface area contributed by atoms with Crippen LogP contribution in [0.1, 0.15) is 0 Å². The minimum absolute atomic E-state index is 0.411. The minimum atomic E-state index is -1.35. The second-order valence-corrected chi connectivity index (χ2v) is 2.09. The predicted molar refractivity (Wildman–Crippen MR) is 46.7 cm³/mol. The van der Waals surface area contributed by atoms with Crippen LogP contribution >= 0.6 is 0 Å². The predicted octanol–water partition coefficient (Wildman–Crippen LogP) is 1.15. The Bertz CT molecular complexity index is 228. The molecule has 0 saturated carbocycles. The summed E-state index contributed by atoms with van der Waals surface area (Å²) in [5, 5.41) is 15.6. The topological polar surface area (TPSA) is 40.5 Å². The molecule has 0 aromatic heterocycles. The third kappa shape index (κ3) is 7.18. The summed E-state index contributed by atoms with van der Waals surface area (Å²) in [6, 6.07) is 4.31. The van der Waals surface area contributed by atoms with Crippen LogP contribution in [0.25, 0.3) is 0 Å². The third-order valence-electron chi connectivity index (χ3n) is 1.01. The van der Waals surface area contributed by atoms with Crippen LogP contribution in [0.4, 0.5) is 8.78 Å². The molecule has 0 unspecified atom stereocenters. The minimum Gasteiger partial charge on any atom is -0.424 e. The van der Waals surface area contributed by atoms with Gasteiger partial charge in [-0.2, -0.15) is 0 Å². The van der Waals surface area contributed by atoms with Gasteiger partial charge in [0, 0.05) is 0 Å². The van der Waals surface area contributed by atoms with Crippen molar-refractivity contribution in [3.8, 4) is 0 Å². The van der Waals surface area contributed by atoms with Crippen LogP contribution in [0.15, 0.2) is 36.8 Å². The molecule has 2 nitrogen and oxygen atoms in total. The van der Waals surface area contributed by atoms with Crippen LogP contribution in [-0.4, -0.2) is 17.2 Å². The summed E-state index contributed by atoms with van der Waals surface area (Å²) in [5.41, 5.74) is 0. The van der Waals surface area contributed by atoms with Crippen molar-refractivity contribution < 1.29 is 18.8 Å². The summed E-state index contributed by atoms with van der Waals surface area (Å²) < 4.78 is 23.8. The van der Waals surface area contributed by atoms with E-state index >= 15 is 0 Å². The Morgan fingerprint density at radius 2 is 1.31 bits per heavy atom. The van der Waals surface area contributed by atoms with E-state index in [0.29, 0.717) is 0 Å². The molecule has 0 aliphatic heterocycles. The zero-order valence-corrected chi connectivity index (χ0v) is 6.82. The Labute approximate surface area is 75.3 Å². The first kappa shape index (κ1) is 11.8. The molecule has 0 aliphatic rings.